The zero-order valence-corrected chi connectivity index (χ0v) is 8.44. The molecule has 1 N–H and O–H groups in total. The second kappa shape index (κ2) is 4.52. The number of pyridine rings is 1. The third kappa shape index (κ3) is 2.78. The van der Waals surface area contributed by atoms with Gasteiger partial charge in [-0.25, -0.2) is 0 Å². The highest BCUT2D eigenvalue weighted by Gasteiger charge is 2.23. The smallest absolute Gasteiger partial charge is 0.272 e. The first-order valence-corrected chi connectivity index (χ1v) is 5.71. The van der Waals surface area contributed by atoms with E-state index in [2.05, 4.69) is 11.9 Å². The summed E-state index contributed by atoms with van der Waals surface area (Å²) in [6.45, 7) is 3.57. The van der Waals surface area contributed by atoms with E-state index in [0.717, 1.165) is 0 Å². The fraction of sp³-hybridized carbons (Fsp3) is 0.333. The summed E-state index contributed by atoms with van der Waals surface area (Å²) in [6.07, 6.45) is 3.73. The lowest BCUT2D eigenvalue weighted by Gasteiger charge is -2.11. The molecule has 77 valence electrons. The molecule has 0 aromatic carbocycles. The summed E-state index contributed by atoms with van der Waals surface area (Å²) >= 11 is 0. The van der Waals surface area contributed by atoms with Gasteiger partial charge in [-0.15, -0.1) is 0 Å². The van der Waals surface area contributed by atoms with E-state index in [9.17, 15) is 8.42 Å². The van der Waals surface area contributed by atoms with Crippen molar-refractivity contribution in [1.29, 1.82) is 0 Å². The molecule has 0 aliphatic carbocycles. The van der Waals surface area contributed by atoms with E-state index in [-0.39, 0.29) is 0 Å². The number of aromatic nitrogens is 1. The largest absolute Gasteiger partial charge is 0.285 e. The Balaban J connectivity index is 3.02. The van der Waals surface area contributed by atoms with Crippen LogP contribution >= 0.6 is 0 Å². The lowest BCUT2D eigenvalue weighted by atomic mass is 10.1. The maximum atomic E-state index is 11.0. The average molecular weight is 214 g/mol. The molecule has 0 saturated carbocycles. The first-order chi connectivity index (χ1) is 6.55. The van der Waals surface area contributed by atoms with Gasteiger partial charge in [0.2, 0.25) is 0 Å². The Morgan fingerprint density at radius 1 is 1.57 bits per heavy atom. The van der Waals surface area contributed by atoms with E-state index < -0.39 is 15.4 Å². The molecule has 5 heteroatoms. The Kier molecular flexibility index (Phi) is 3.60. The normalized spacial score (nSPS) is 13.9. The van der Waals surface area contributed by atoms with Crippen molar-refractivity contribution in [3.63, 3.8) is 0 Å². The number of hydrogen-bond acceptors (Lipinski definition) is 3. The van der Waals surface area contributed by atoms with Gasteiger partial charge in [0.25, 0.3) is 10.1 Å². The Labute approximate surface area is 83.7 Å². The van der Waals surface area contributed by atoms with Crippen molar-refractivity contribution in [2.75, 3.05) is 0 Å². The van der Waals surface area contributed by atoms with Crippen molar-refractivity contribution in [3.8, 4) is 0 Å². The fourth-order valence-electron chi connectivity index (χ4n) is 1.24. The van der Waals surface area contributed by atoms with Gasteiger partial charge in [0.15, 0.2) is 0 Å². The van der Waals surface area contributed by atoms with Gasteiger partial charge in [-0.1, -0.05) is 19.4 Å². The summed E-state index contributed by atoms with van der Waals surface area (Å²) in [5.74, 6) is 0. The predicted molar refractivity (Wildman–Crippen MR) is 53.1 cm³/mol. The summed E-state index contributed by atoms with van der Waals surface area (Å²) in [6, 6.07) is 3.26. The molecular formula is C9H12NO3S. The first-order valence-electron chi connectivity index (χ1n) is 4.21. The molecule has 1 aromatic rings. The van der Waals surface area contributed by atoms with Crippen molar-refractivity contribution in [3.05, 3.63) is 37.0 Å². The zero-order valence-electron chi connectivity index (χ0n) is 7.63. The monoisotopic (exact) mass is 214 g/mol. The Morgan fingerprint density at radius 2 is 2.29 bits per heavy atom. The summed E-state index contributed by atoms with van der Waals surface area (Å²) in [5, 5.41) is -0.909. The van der Waals surface area contributed by atoms with Crippen LogP contribution in [0.2, 0.25) is 0 Å². The summed E-state index contributed by atoms with van der Waals surface area (Å²) in [7, 11) is -4.06. The molecule has 4 nitrogen and oxygen atoms in total. The van der Waals surface area contributed by atoms with Crippen LogP contribution < -0.4 is 0 Å². The van der Waals surface area contributed by atoms with Crippen molar-refractivity contribution in [1.82, 2.24) is 4.98 Å². The topological polar surface area (TPSA) is 67.3 Å². The SMILES string of the molecule is [CH2]CCC(c1cccnc1)S(=O)(=O)O. The minimum Gasteiger partial charge on any atom is -0.285 e. The Hall–Kier alpha value is -0.940. The highest BCUT2D eigenvalue weighted by Crippen LogP contribution is 2.25. The van der Waals surface area contributed by atoms with E-state index in [0.29, 0.717) is 18.4 Å². The van der Waals surface area contributed by atoms with E-state index in [1.165, 1.54) is 6.20 Å². The second-order valence-corrected chi connectivity index (χ2v) is 4.53. The Morgan fingerprint density at radius 3 is 2.71 bits per heavy atom. The highest BCUT2D eigenvalue weighted by molar-refractivity contribution is 7.86. The molecule has 1 aromatic heterocycles. The fourth-order valence-corrected chi connectivity index (χ4v) is 2.19. The maximum absolute atomic E-state index is 11.0. The molecule has 0 aliphatic heterocycles. The number of rotatable bonds is 4. The molecule has 1 radical (unpaired) electrons. The van der Waals surface area contributed by atoms with Crippen molar-refractivity contribution in [2.45, 2.75) is 18.1 Å². The van der Waals surface area contributed by atoms with Gasteiger partial charge in [-0.3, -0.25) is 9.54 Å². The molecule has 14 heavy (non-hydrogen) atoms. The summed E-state index contributed by atoms with van der Waals surface area (Å²) < 4.78 is 31.0. The van der Waals surface area contributed by atoms with Gasteiger partial charge in [-0.2, -0.15) is 8.42 Å². The standard InChI is InChI=1S/C9H12NO3S/c1-2-4-9(14(11,12)13)8-5-3-6-10-7-8/h3,5-7,9H,1-2,4H2,(H,11,12,13). The van der Waals surface area contributed by atoms with Crippen LogP contribution in [0.1, 0.15) is 23.7 Å². The molecule has 0 fully saturated rings. The van der Waals surface area contributed by atoms with Crippen LogP contribution in [0.4, 0.5) is 0 Å². The number of nitrogens with zero attached hydrogens (tertiary/aromatic N) is 1. The predicted octanol–water partition coefficient (Wildman–Crippen LogP) is 1.62. The van der Waals surface area contributed by atoms with Crippen LogP contribution in [0.5, 0.6) is 0 Å². The molecule has 1 atom stereocenters. The molecule has 1 rings (SSSR count). The van der Waals surface area contributed by atoms with Gasteiger partial charge < -0.3 is 0 Å². The third-order valence-electron chi connectivity index (χ3n) is 1.88. The van der Waals surface area contributed by atoms with Crippen LogP contribution in [0.3, 0.4) is 0 Å². The van der Waals surface area contributed by atoms with Gasteiger partial charge >= 0.3 is 0 Å². The van der Waals surface area contributed by atoms with Gasteiger partial charge in [0.05, 0.1) is 0 Å². The minimum absolute atomic E-state index is 0.296. The molecule has 0 amide bonds. The maximum Gasteiger partial charge on any atom is 0.272 e. The van der Waals surface area contributed by atoms with E-state index >= 15 is 0 Å². The first kappa shape index (κ1) is 11.1. The van der Waals surface area contributed by atoms with Crippen LogP contribution in [0.25, 0.3) is 0 Å². The molecule has 1 heterocycles. The molecule has 0 aliphatic rings. The van der Waals surface area contributed by atoms with Crippen LogP contribution in [-0.2, 0) is 10.1 Å². The van der Waals surface area contributed by atoms with Crippen molar-refractivity contribution in [2.24, 2.45) is 0 Å². The van der Waals surface area contributed by atoms with Gasteiger partial charge in [0, 0.05) is 12.4 Å². The van der Waals surface area contributed by atoms with Crippen LogP contribution in [0.15, 0.2) is 24.5 Å². The summed E-state index contributed by atoms with van der Waals surface area (Å²) in [4.78, 5) is 3.81. The molecule has 1 unspecified atom stereocenters. The highest BCUT2D eigenvalue weighted by atomic mass is 32.2. The quantitative estimate of drug-likeness (QED) is 0.773. The van der Waals surface area contributed by atoms with E-state index in [1.807, 2.05) is 0 Å². The molecule has 0 saturated heterocycles. The van der Waals surface area contributed by atoms with Gasteiger partial charge in [0.1, 0.15) is 5.25 Å². The second-order valence-electron chi connectivity index (χ2n) is 2.93. The minimum atomic E-state index is -4.06. The third-order valence-corrected chi connectivity index (χ3v) is 3.11. The zero-order chi connectivity index (χ0) is 10.6. The van der Waals surface area contributed by atoms with E-state index in [1.54, 1.807) is 18.3 Å². The van der Waals surface area contributed by atoms with Crippen LogP contribution in [-0.4, -0.2) is 18.0 Å². The summed E-state index contributed by atoms with van der Waals surface area (Å²) in [5.41, 5.74) is 0.499. The van der Waals surface area contributed by atoms with E-state index in [4.69, 9.17) is 4.55 Å². The molecule has 0 spiro atoms. The lowest BCUT2D eigenvalue weighted by molar-refractivity contribution is 0.464. The molecular weight excluding hydrogens is 202 g/mol. The Bertz CT molecular complexity index is 374. The van der Waals surface area contributed by atoms with Gasteiger partial charge in [-0.05, 0) is 18.1 Å². The van der Waals surface area contributed by atoms with Crippen molar-refractivity contribution < 1.29 is 13.0 Å². The van der Waals surface area contributed by atoms with Crippen molar-refractivity contribution >= 4 is 10.1 Å². The average Bonchev–Trinajstić information content (AvgIpc) is 2.14. The van der Waals surface area contributed by atoms with Crippen LogP contribution in [0, 0.1) is 6.92 Å². The lowest BCUT2D eigenvalue weighted by Crippen LogP contribution is -2.12. The molecule has 0 bridgehead atoms. The number of hydrogen-bond donors (Lipinski definition) is 1.